The molecule has 4 nitrogen and oxygen atoms in total. The molecule has 2 atom stereocenters. The van der Waals surface area contributed by atoms with Crippen LogP contribution < -0.4 is 5.73 Å². The summed E-state index contributed by atoms with van der Waals surface area (Å²) in [6.07, 6.45) is 0. The van der Waals surface area contributed by atoms with Crippen LogP contribution in [0.1, 0.15) is 23.6 Å². The number of aryl methyl sites for hydroxylation is 1. The van der Waals surface area contributed by atoms with Gasteiger partial charge < -0.3 is 10.3 Å². The lowest BCUT2D eigenvalue weighted by molar-refractivity contribution is 0.422. The van der Waals surface area contributed by atoms with E-state index in [0.29, 0.717) is 16.4 Å². The zero-order valence-electron chi connectivity index (χ0n) is 10.8. The molecule has 3 heterocycles. The van der Waals surface area contributed by atoms with Crippen molar-refractivity contribution in [3.63, 3.8) is 0 Å². The molecule has 0 aliphatic carbocycles. The number of thioether (sulfide) groups is 2. The van der Waals surface area contributed by atoms with Crippen molar-refractivity contribution in [3.8, 4) is 10.8 Å². The van der Waals surface area contributed by atoms with Gasteiger partial charge in [-0.1, -0.05) is 12.1 Å². The Balaban J connectivity index is 1.88. The van der Waals surface area contributed by atoms with E-state index < -0.39 is 0 Å². The number of rotatable bonds is 2. The van der Waals surface area contributed by atoms with Crippen LogP contribution in [0.4, 0.5) is 5.00 Å². The first-order valence-corrected chi connectivity index (χ1v) is 8.99. The highest BCUT2D eigenvalue weighted by Crippen LogP contribution is 2.42. The third kappa shape index (κ3) is 2.64. The van der Waals surface area contributed by atoms with E-state index >= 15 is 0 Å². The van der Waals surface area contributed by atoms with Gasteiger partial charge in [0.25, 0.3) is 5.89 Å². The molecule has 2 N–H and O–H groups in total. The van der Waals surface area contributed by atoms with Crippen LogP contribution in [0.15, 0.2) is 10.6 Å². The van der Waals surface area contributed by atoms with Crippen molar-refractivity contribution in [1.29, 1.82) is 0 Å². The second-order valence-electron chi connectivity index (χ2n) is 4.49. The Morgan fingerprint density at radius 2 is 2.16 bits per heavy atom. The Morgan fingerprint density at radius 3 is 2.84 bits per heavy atom. The Kier molecular flexibility index (Phi) is 3.77. The average Bonchev–Trinajstić information content (AvgIpc) is 2.96. The number of nitrogen functional groups attached to an aromatic ring is 1. The highest BCUT2D eigenvalue weighted by Gasteiger charge is 2.29. The van der Waals surface area contributed by atoms with Crippen molar-refractivity contribution in [1.82, 2.24) is 10.1 Å². The van der Waals surface area contributed by atoms with Crippen molar-refractivity contribution < 1.29 is 4.52 Å². The maximum Gasteiger partial charge on any atom is 0.268 e. The summed E-state index contributed by atoms with van der Waals surface area (Å²) in [4.78, 5) is 5.56. The molecule has 0 radical (unpaired) electrons. The van der Waals surface area contributed by atoms with Gasteiger partial charge >= 0.3 is 0 Å². The highest BCUT2D eigenvalue weighted by molar-refractivity contribution is 8.06. The SMILES string of the molecule is Cc1cc(N)sc1-c1nc(C2SCCSC2C)no1. The van der Waals surface area contributed by atoms with Gasteiger partial charge in [0.1, 0.15) is 0 Å². The monoisotopic (exact) mass is 313 g/mol. The predicted molar refractivity (Wildman–Crippen MR) is 83.9 cm³/mol. The van der Waals surface area contributed by atoms with E-state index in [0.717, 1.165) is 27.0 Å². The molecule has 0 bridgehead atoms. The minimum atomic E-state index is 0.328. The van der Waals surface area contributed by atoms with Gasteiger partial charge in [-0.3, -0.25) is 0 Å². The smallest absolute Gasteiger partial charge is 0.268 e. The molecule has 0 saturated carbocycles. The van der Waals surface area contributed by atoms with Crippen LogP contribution in [0, 0.1) is 6.92 Å². The third-order valence-electron chi connectivity index (χ3n) is 3.02. The van der Waals surface area contributed by atoms with Crippen LogP contribution in [-0.4, -0.2) is 26.9 Å². The quantitative estimate of drug-likeness (QED) is 0.914. The Hall–Kier alpha value is -0.660. The summed E-state index contributed by atoms with van der Waals surface area (Å²) in [5, 5.41) is 5.80. The number of hydrogen-bond acceptors (Lipinski definition) is 7. The van der Waals surface area contributed by atoms with Crippen LogP contribution in [0.5, 0.6) is 0 Å². The van der Waals surface area contributed by atoms with E-state index in [2.05, 4.69) is 17.1 Å². The van der Waals surface area contributed by atoms with Gasteiger partial charge in [0.15, 0.2) is 5.82 Å². The van der Waals surface area contributed by atoms with E-state index in [-0.39, 0.29) is 0 Å². The summed E-state index contributed by atoms with van der Waals surface area (Å²) in [7, 11) is 0. The number of thiophene rings is 1. The molecule has 102 valence electrons. The standard InChI is InChI=1S/C12H15N3OS3/c1-6-5-8(13)19-9(6)12-14-11(15-16-12)10-7(2)17-3-4-18-10/h5,7,10H,3-4,13H2,1-2H3. The summed E-state index contributed by atoms with van der Waals surface area (Å²) in [5.74, 6) is 3.76. The number of hydrogen-bond donors (Lipinski definition) is 1. The van der Waals surface area contributed by atoms with Crippen molar-refractivity contribution >= 4 is 39.9 Å². The summed E-state index contributed by atoms with van der Waals surface area (Å²) in [6.45, 7) is 4.24. The number of aromatic nitrogens is 2. The van der Waals surface area contributed by atoms with Gasteiger partial charge in [0.2, 0.25) is 0 Å². The van der Waals surface area contributed by atoms with Gasteiger partial charge in [-0.25, -0.2) is 0 Å². The van der Waals surface area contributed by atoms with Crippen molar-refractivity contribution in [2.45, 2.75) is 24.3 Å². The van der Waals surface area contributed by atoms with Gasteiger partial charge in [-0.15, -0.1) is 23.1 Å². The van der Waals surface area contributed by atoms with Gasteiger partial charge in [-0.05, 0) is 18.6 Å². The molecule has 1 aliphatic rings. The molecule has 0 spiro atoms. The Morgan fingerprint density at radius 1 is 1.37 bits per heavy atom. The topological polar surface area (TPSA) is 64.9 Å². The molecular weight excluding hydrogens is 298 g/mol. The fourth-order valence-electron chi connectivity index (χ4n) is 2.08. The molecule has 19 heavy (non-hydrogen) atoms. The van der Waals surface area contributed by atoms with E-state index in [1.54, 1.807) is 0 Å². The maximum absolute atomic E-state index is 5.81. The molecule has 1 aliphatic heterocycles. The third-order valence-corrected chi connectivity index (χ3v) is 7.16. The normalized spacial score (nSPS) is 23.7. The zero-order valence-corrected chi connectivity index (χ0v) is 13.2. The van der Waals surface area contributed by atoms with E-state index in [4.69, 9.17) is 10.3 Å². The molecule has 7 heteroatoms. The number of anilines is 1. The lowest BCUT2D eigenvalue weighted by atomic mass is 10.3. The molecule has 1 fully saturated rings. The van der Waals surface area contributed by atoms with Gasteiger partial charge in [-0.2, -0.15) is 16.7 Å². The van der Waals surface area contributed by atoms with Crippen LogP contribution in [-0.2, 0) is 0 Å². The van der Waals surface area contributed by atoms with Crippen LogP contribution in [0.2, 0.25) is 0 Å². The van der Waals surface area contributed by atoms with Gasteiger partial charge in [0, 0.05) is 16.8 Å². The second kappa shape index (κ2) is 5.38. The summed E-state index contributed by atoms with van der Waals surface area (Å²) in [5.41, 5.74) is 6.90. The second-order valence-corrected chi connectivity index (χ2v) is 8.30. The first-order chi connectivity index (χ1) is 9.15. The van der Waals surface area contributed by atoms with Crippen LogP contribution in [0.3, 0.4) is 0 Å². The van der Waals surface area contributed by atoms with E-state index in [1.807, 2.05) is 36.5 Å². The van der Waals surface area contributed by atoms with Crippen molar-refractivity contribution in [2.24, 2.45) is 0 Å². The fraction of sp³-hybridized carbons (Fsp3) is 0.500. The van der Waals surface area contributed by atoms with Crippen LogP contribution in [0.25, 0.3) is 10.8 Å². The van der Waals surface area contributed by atoms with Crippen molar-refractivity contribution in [3.05, 3.63) is 17.5 Å². The highest BCUT2D eigenvalue weighted by atomic mass is 32.2. The molecule has 2 aromatic rings. The number of nitrogens with zero attached hydrogens (tertiary/aromatic N) is 2. The molecule has 3 rings (SSSR count). The minimum Gasteiger partial charge on any atom is -0.391 e. The minimum absolute atomic E-state index is 0.328. The molecule has 2 unspecified atom stereocenters. The van der Waals surface area contributed by atoms with E-state index in [9.17, 15) is 0 Å². The van der Waals surface area contributed by atoms with Crippen molar-refractivity contribution in [2.75, 3.05) is 17.2 Å². The maximum atomic E-state index is 5.81. The Labute approximate surface area is 124 Å². The lowest BCUT2D eigenvalue weighted by Gasteiger charge is -2.24. The predicted octanol–water partition coefficient (Wildman–Crippen LogP) is 3.60. The van der Waals surface area contributed by atoms with E-state index in [1.165, 1.54) is 17.1 Å². The average molecular weight is 313 g/mol. The molecule has 0 aromatic carbocycles. The zero-order chi connectivity index (χ0) is 13.4. The molecular formula is C12H15N3OS3. The number of nitrogens with two attached hydrogens (primary N) is 1. The first kappa shape index (κ1) is 13.3. The Bertz CT molecular complexity index is 581. The fourth-order valence-corrected chi connectivity index (χ4v) is 5.62. The van der Waals surface area contributed by atoms with Gasteiger partial charge in [0.05, 0.1) is 15.1 Å². The summed E-state index contributed by atoms with van der Waals surface area (Å²) >= 11 is 5.39. The van der Waals surface area contributed by atoms with Crippen LogP contribution >= 0.6 is 34.9 Å². The summed E-state index contributed by atoms with van der Waals surface area (Å²) in [6, 6.07) is 1.94. The molecule has 1 saturated heterocycles. The lowest BCUT2D eigenvalue weighted by Crippen LogP contribution is -2.16. The first-order valence-electron chi connectivity index (χ1n) is 6.08. The molecule has 2 aromatic heterocycles. The molecule has 0 amide bonds. The largest absolute Gasteiger partial charge is 0.391 e. The summed E-state index contributed by atoms with van der Waals surface area (Å²) < 4.78 is 5.42.